The molecular weight excluding hydrogens is 314 g/mol. The average Bonchev–Trinajstić information content (AvgIpc) is 3.21. The van der Waals surface area contributed by atoms with Crippen molar-refractivity contribution in [2.24, 2.45) is 0 Å². The van der Waals surface area contributed by atoms with E-state index in [4.69, 9.17) is 0 Å². The molecule has 4 rings (SSSR count). The zero-order chi connectivity index (χ0) is 17.1. The van der Waals surface area contributed by atoms with Crippen molar-refractivity contribution in [2.45, 2.75) is 56.9 Å². The molecule has 2 atom stereocenters. The Kier molecular flexibility index (Phi) is 4.70. The van der Waals surface area contributed by atoms with Crippen molar-refractivity contribution in [3.63, 3.8) is 0 Å². The Morgan fingerprint density at radius 3 is 2.60 bits per heavy atom. The van der Waals surface area contributed by atoms with Gasteiger partial charge in [0.15, 0.2) is 0 Å². The molecule has 3 N–H and O–H groups in total. The molecule has 1 aromatic carbocycles. The van der Waals surface area contributed by atoms with Crippen LogP contribution >= 0.6 is 0 Å². The Morgan fingerprint density at radius 2 is 1.92 bits per heavy atom. The zero-order valence-corrected chi connectivity index (χ0v) is 14.3. The highest BCUT2D eigenvalue weighted by atomic mass is 16.2. The van der Waals surface area contributed by atoms with Crippen molar-refractivity contribution in [2.75, 3.05) is 0 Å². The summed E-state index contributed by atoms with van der Waals surface area (Å²) in [7, 11) is 0. The van der Waals surface area contributed by atoms with Gasteiger partial charge in [0.1, 0.15) is 0 Å². The second-order valence-corrected chi connectivity index (χ2v) is 7.12. The number of piperidine rings is 1. The maximum Gasteiger partial charge on any atom is 0.315 e. The summed E-state index contributed by atoms with van der Waals surface area (Å²) in [4.78, 5) is 14.8. The molecule has 2 unspecified atom stereocenters. The molecule has 2 aromatic rings. The fourth-order valence-corrected chi connectivity index (χ4v) is 4.24. The van der Waals surface area contributed by atoms with Crippen molar-refractivity contribution in [1.29, 1.82) is 0 Å². The predicted molar refractivity (Wildman–Crippen MR) is 95.8 cm³/mol. The van der Waals surface area contributed by atoms with Crippen LogP contribution in [0.4, 0.5) is 4.79 Å². The number of nitrogens with one attached hydrogen (secondary N) is 3. The quantitative estimate of drug-likeness (QED) is 0.783. The number of carbonyl (C=O) groups is 1. The van der Waals surface area contributed by atoms with Crippen LogP contribution in [0.3, 0.4) is 0 Å². The number of H-pyrrole nitrogens is 1. The molecule has 132 valence electrons. The van der Waals surface area contributed by atoms with Crippen LogP contribution in [0.5, 0.6) is 0 Å². The van der Waals surface area contributed by atoms with E-state index in [0.717, 1.165) is 25.1 Å². The Labute approximate surface area is 148 Å². The Bertz CT molecular complexity index is 673. The maximum absolute atomic E-state index is 12.1. The summed E-state index contributed by atoms with van der Waals surface area (Å²) in [5.74, 6) is 0. The van der Waals surface area contributed by atoms with E-state index in [2.05, 4.69) is 56.1 Å². The smallest absolute Gasteiger partial charge is 0.315 e. The molecule has 2 saturated heterocycles. The molecule has 0 radical (unpaired) electrons. The lowest BCUT2D eigenvalue weighted by Crippen LogP contribution is -2.51. The van der Waals surface area contributed by atoms with E-state index in [9.17, 15) is 4.79 Å². The first-order chi connectivity index (χ1) is 12.3. The van der Waals surface area contributed by atoms with E-state index in [-0.39, 0.29) is 12.1 Å². The number of rotatable bonds is 5. The topological polar surface area (TPSA) is 73.0 Å². The summed E-state index contributed by atoms with van der Waals surface area (Å²) in [6, 6.07) is 13.9. The van der Waals surface area contributed by atoms with E-state index < -0.39 is 0 Å². The number of amides is 2. The number of hydrogen-bond donors (Lipinski definition) is 3. The molecular formula is C19H25N5O. The maximum atomic E-state index is 12.1. The molecule has 2 amide bonds. The molecule has 2 aliphatic rings. The summed E-state index contributed by atoms with van der Waals surface area (Å²) >= 11 is 0. The van der Waals surface area contributed by atoms with Crippen molar-refractivity contribution in [3.8, 4) is 0 Å². The standard InChI is InChI=1S/C19H25N5O/c25-19(20-12-15-8-9-21-23-15)22-16-10-17-6-7-18(11-16)24(17)13-14-4-2-1-3-5-14/h1-5,8-9,16-18H,6-7,10-13H2,(H,21,23)(H2,20,22,25). The minimum atomic E-state index is -0.0875. The van der Waals surface area contributed by atoms with Gasteiger partial charge in [-0.2, -0.15) is 5.10 Å². The van der Waals surface area contributed by atoms with Gasteiger partial charge in [0.05, 0.1) is 12.2 Å². The number of aromatic amines is 1. The van der Waals surface area contributed by atoms with Gasteiger partial charge in [-0.15, -0.1) is 0 Å². The number of nitrogens with zero attached hydrogens (tertiary/aromatic N) is 2. The minimum absolute atomic E-state index is 0.0875. The number of hydrogen-bond acceptors (Lipinski definition) is 3. The van der Waals surface area contributed by atoms with Gasteiger partial charge in [-0.05, 0) is 37.3 Å². The van der Waals surface area contributed by atoms with Gasteiger partial charge in [0.25, 0.3) is 0 Å². The lowest BCUT2D eigenvalue weighted by molar-refractivity contribution is 0.111. The van der Waals surface area contributed by atoms with Gasteiger partial charge in [-0.25, -0.2) is 4.79 Å². The van der Waals surface area contributed by atoms with Gasteiger partial charge in [0.2, 0.25) is 0 Å². The Morgan fingerprint density at radius 1 is 1.16 bits per heavy atom. The van der Waals surface area contributed by atoms with E-state index in [0.29, 0.717) is 18.6 Å². The first kappa shape index (κ1) is 16.1. The number of aromatic nitrogens is 2. The summed E-state index contributed by atoms with van der Waals surface area (Å²) in [5, 5.41) is 12.8. The molecule has 2 fully saturated rings. The van der Waals surface area contributed by atoms with Crippen molar-refractivity contribution in [3.05, 3.63) is 53.9 Å². The first-order valence-electron chi connectivity index (χ1n) is 9.10. The van der Waals surface area contributed by atoms with Crippen LogP contribution < -0.4 is 10.6 Å². The molecule has 3 heterocycles. The normalized spacial score (nSPS) is 25.7. The van der Waals surface area contributed by atoms with Crippen LogP contribution in [0.25, 0.3) is 0 Å². The summed E-state index contributed by atoms with van der Waals surface area (Å²) in [6.45, 7) is 1.50. The van der Waals surface area contributed by atoms with Crippen molar-refractivity contribution < 1.29 is 4.79 Å². The molecule has 25 heavy (non-hydrogen) atoms. The molecule has 6 nitrogen and oxygen atoms in total. The van der Waals surface area contributed by atoms with E-state index in [1.54, 1.807) is 6.20 Å². The van der Waals surface area contributed by atoms with Crippen molar-refractivity contribution >= 4 is 6.03 Å². The first-order valence-corrected chi connectivity index (χ1v) is 9.10. The summed E-state index contributed by atoms with van der Waals surface area (Å²) in [5.41, 5.74) is 2.29. The number of carbonyl (C=O) groups excluding carboxylic acids is 1. The monoisotopic (exact) mass is 339 g/mol. The third-order valence-corrected chi connectivity index (χ3v) is 5.43. The second kappa shape index (κ2) is 7.27. The second-order valence-electron chi connectivity index (χ2n) is 7.12. The molecule has 0 saturated carbocycles. The fourth-order valence-electron chi connectivity index (χ4n) is 4.24. The molecule has 2 bridgehead atoms. The molecule has 2 aliphatic heterocycles. The van der Waals surface area contributed by atoms with Crippen LogP contribution in [0.15, 0.2) is 42.6 Å². The number of urea groups is 1. The van der Waals surface area contributed by atoms with Crippen LogP contribution in [-0.4, -0.2) is 39.3 Å². The number of benzene rings is 1. The van der Waals surface area contributed by atoms with Crippen LogP contribution in [0.1, 0.15) is 36.9 Å². The highest BCUT2D eigenvalue weighted by molar-refractivity contribution is 5.74. The zero-order valence-electron chi connectivity index (χ0n) is 14.3. The molecule has 0 aliphatic carbocycles. The lowest BCUT2D eigenvalue weighted by atomic mass is 9.96. The van der Waals surface area contributed by atoms with Gasteiger partial charge in [-0.1, -0.05) is 30.3 Å². The van der Waals surface area contributed by atoms with Gasteiger partial charge in [-0.3, -0.25) is 10.00 Å². The van der Waals surface area contributed by atoms with Crippen LogP contribution in [0.2, 0.25) is 0 Å². The highest BCUT2D eigenvalue weighted by Crippen LogP contribution is 2.36. The largest absolute Gasteiger partial charge is 0.335 e. The third kappa shape index (κ3) is 3.85. The molecule has 1 aromatic heterocycles. The summed E-state index contributed by atoms with van der Waals surface area (Å²) in [6.07, 6.45) is 6.26. The molecule has 6 heteroatoms. The summed E-state index contributed by atoms with van der Waals surface area (Å²) < 4.78 is 0. The minimum Gasteiger partial charge on any atom is -0.335 e. The predicted octanol–water partition coefficient (Wildman–Crippen LogP) is 2.40. The Balaban J connectivity index is 1.28. The van der Waals surface area contributed by atoms with Gasteiger partial charge < -0.3 is 10.6 Å². The Hall–Kier alpha value is -2.34. The lowest BCUT2D eigenvalue weighted by Gasteiger charge is -2.39. The van der Waals surface area contributed by atoms with E-state index >= 15 is 0 Å². The average molecular weight is 339 g/mol. The third-order valence-electron chi connectivity index (χ3n) is 5.43. The van der Waals surface area contributed by atoms with Crippen LogP contribution in [0, 0.1) is 0 Å². The fraction of sp³-hybridized carbons (Fsp3) is 0.474. The number of fused-ring (bicyclic) bond motifs is 2. The van der Waals surface area contributed by atoms with Gasteiger partial charge in [0, 0.05) is 30.9 Å². The molecule has 0 spiro atoms. The van der Waals surface area contributed by atoms with Gasteiger partial charge >= 0.3 is 6.03 Å². The SMILES string of the molecule is O=C(NCc1ccn[nH]1)NC1CC2CCC(C1)N2Cc1ccccc1. The van der Waals surface area contributed by atoms with E-state index in [1.165, 1.54) is 18.4 Å². The highest BCUT2D eigenvalue weighted by Gasteiger charge is 2.40. The van der Waals surface area contributed by atoms with E-state index in [1.807, 2.05) is 6.07 Å². The van der Waals surface area contributed by atoms with Crippen LogP contribution in [-0.2, 0) is 13.1 Å². The van der Waals surface area contributed by atoms with Crippen molar-refractivity contribution in [1.82, 2.24) is 25.7 Å².